The summed E-state index contributed by atoms with van der Waals surface area (Å²) in [5.41, 5.74) is 7.89. The third kappa shape index (κ3) is 5.33. The van der Waals surface area contributed by atoms with Crippen molar-refractivity contribution in [1.82, 2.24) is 14.5 Å². The first-order chi connectivity index (χ1) is 18.6. The lowest BCUT2D eigenvalue weighted by atomic mass is 9.97. The molecule has 39 heavy (non-hydrogen) atoms. The van der Waals surface area contributed by atoms with Crippen molar-refractivity contribution >= 4 is 11.9 Å². The average molecular weight is 539 g/mol. The number of halogens is 4. The predicted octanol–water partition coefficient (Wildman–Crippen LogP) is 4.70. The van der Waals surface area contributed by atoms with Crippen LogP contribution in [0.2, 0.25) is 0 Å². The Bertz CT molecular complexity index is 1530. The first kappa shape index (κ1) is 26.0. The van der Waals surface area contributed by atoms with E-state index in [-0.39, 0.29) is 36.7 Å². The predicted molar refractivity (Wildman–Crippen MR) is 135 cm³/mol. The summed E-state index contributed by atoms with van der Waals surface area (Å²) in [5, 5.41) is 0. The monoisotopic (exact) mass is 538 g/mol. The molecule has 11 heteroatoms. The van der Waals surface area contributed by atoms with E-state index in [2.05, 4.69) is 9.72 Å². The first-order valence-corrected chi connectivity index (χ1v) is 12.0. The van der Waals surface area contributed by atoms with Crippen LogP contribution in [0.1, 0.15) is 38.8 Å². The number of ether oxygens (including phenoxy) is 1. The molecule has 2 N–H and O–H groups in total. The Kier molecular flexibility index (Phi) is 6.81. The highest BCUT2D eigenvalue weighted by Crippen LogP contribution is 2.29. The van der Waals surface area contributed by atoms with Crippen molar-refractivity contribution in [2.45, 2.75) is 25.4 Å². The van der Waals surface area contributed by atoms with Crippen molar-refractivity contribution in [3.8, 4) is 5.75 Å². The second-order valence-electron chi connectivity index (χ2n) is 8.96. The van der Waals surface area contributed by atoms with Crippen molar-refractivity contribution < 1.29 is 27.1 Å². The van der Waals surface area contributed by atoms with Gasteiger partial charge in [-0.05, 0) is 29.7 Å². The van der Waals surface area contributed by atoms with Gasteiger partial charge in [-0.3, -0.25) is 14.2 Å². The quantitative estimate of drug-likeness (QED) is 0.372. The number of nitrogens with two attached hydrogens (primary N) is 1. The Labute approximate surface area is 220 Å². The number of rotatable bonds is 5. The maximum atomic E-state index is 14.5. The number of benzene rings is 3. The van der Waals surface area contributed by atoms with Crippen LogP contribution in [0.15, 0.2) is 83.7 Å². The molecule has 0 spiro atoms. The van der Waals surface area contributed by atoms with E-state index in [1.807, 2.05) is 60.7 Å². The molecule has 7 nitrogen and oxygen atoms in total. The van der Waals surface area contributed by atoms with Gasteiger partial charge in [0.05, 0.1) is 23.8 Å². The third-order valence-electron chi connectivity index (χ3n) is 6.47. The maximum absolute atomic E-state index is 14.5. The standard InChI is InChI=1S/C28H22F4N4O3/c29-22-15-19(39-28(30,31)32)11-12-20(22)25(37)35-14-13-21-23(16-35)34-27(33)36(26(21)38)24(17-7-3-1-4-8-17)18-9-5-2-6-10-18/h1-12,15,24H,13-14,16H2,(H2,33,34). The number of hydrogen-bond acceptors (Lipinski definition) is 5. The Morgan fingerprint density at radius 2 is 1.59 bits per heavy atom. The van der Waals surface area contributed by atoms with E-state index in [1.54, 1.807) is 0 Å². The first-order valence-electron chi connectivity index (χ1n) is 12.0. The van der Waals surface area contributed by atoms with E-state index in [4.69, 9.17) is 5.73 Å². The normalized spacial score (nSPS) is 13.3. The van der Waals surface area contributed by atoms with Crippen LogP contribution in [0.25, 0.3) is 0 Å². The van der Waals surface area contributed by atoms with Crippen LogP contribution in [-0.2, 0) is 13.0 Å². The summed E-state index contributed by atoms with van der Waals surface area (Å²) >= 11 is 0. The lowest BCUT2D eigenvalue weighted by molar-refractivity contribution is -0.274. The number of alkyl halides is 3. The van der Waals surface area contributed by atoms with Gasteiger partial charge in [0.15, 0.2) is 0 Å². The number of carbonyl (C=O) groups is 1. The van der Waals surface area contributed by atoms with Gasteiger partial charge in [0, 0.05) is 18.2 Å². The molecule has 0 radical (unpaired) electrons. The number of aromatic nitrogens is 2. The van der Waals surface area contributed by atoms with Crippen molar-refractivity contribution in [2.24, 2.45) is 0 Å². The van der Waals surface area contributed by atoms with Crippen LogP contribution in [0.3, 0.4) is 0 Å². The molecule has 0 atom stereocenters. The smallest absolute Gasteiger partial charge is 0.406 e. The molecule has 2 heterocycles. The molecule has 200 valence electrons. The summed E-state index contributed by atoms with van der Waals surface area (Å²) in [7, 11) is 0. The fourth-order valence-electron chi connectivity index (χ4n) is 4.74. The van der Waals surface area contributed by atoms with E-state index < -0.39 is 35.4 Å². The van der Waals surface area contributed by atoms with Crippen molar-refractivity contribution in [1.29, 1.82) is 0 Å². The Morgan fingerprint density at radius 3 is 2.15 bits per heavy atom. The molecule has 1 amide bonds. The molecule has 0 unspecified atom stereocenters. The molecule has 0 bridgehead atoms. The van der Waals surface area contributed by atoms with E-state index in [1.165, 1.54) is 9.47 Å². The summed E-state index contributed by atoms with van der Waals surface area (Å²) in [6.07, 6.45) is -4.85. The topological polar surface area (TPSA) is 90.5 Å². The van der Waals surface area contributed by atoms with Gasteiger partial charge in [0.2, 0.25) is 5.95 Å². The lowest BCUT2D eigenvalue weighted by Crippen LogP contribution is -2.42. The van der Waals surface area contributed by atoms with Crippen LogP contribution in [-0.4, -0.2) is 33.3 Å². The molecule has 1 aromatic heterocycles. The highest BCUT2D eigenvalue weighted by molar-refractivity contribution is 5.94. The van der Waals surface area contributed by atoms with Gasteiger partial charge in [0.1, 0.15) is 11.6 Å². The average Bonchev–Trinajstić information content (AvgIpc) is 2.90. The van der Waals surface area contributed by atoms with Crippen LogP contribution < -0.4 is 16.0 Å². The highest BCUT2D eigenvalue weighted by atomic mass is 19.4. The number of fused-ring (bicyclic) bond motifs is 1. The minimum atomic E-state index is -4.99. The molecular formula is C28H22F4N4O3. The van der Waals surface area contributed by atoms with E-state index >= 15 is 0 Å². The van der Waals surface area contributed by atoms with Gasteiger partial charge in [-0.15, -0.1) is 13.2 Å². The fraction of sp³-hybridized carbons (Fsp3) is 0.179. The molecule has 5 rings (SSSR count). The Morgan fingerprint density at radius 1 is 0.974 bits per heavy atom. The zero-order valence-electron chi connectivity index (χ0n) is 20.4. The summed E-state index contributed by atoms with van der Waals surface area (Å²) in [4.78, 5) is 32.5. The van der Waals surface area contributed by atoms with Crippen LogP contribution in [0.5, 0.6) is 5.75 Å². The number of hydrogen-bond donors (Lipinski definition) is 1. The SMILES string of the molecule is Nc1nc2c(c(=O)n1C(c1ccccc1)c1ccccc1)CCN(C(=O)c1ccc(OC(F)(F)F)cc1F)C2. The number of nitrogen functional groups attached to an aromatic ring is 1. The van der Waals surface area contributed by atoms with Gasteiger partial charge in [-0.1, -0.05) is 60.7 Å². The molecule has 3 aromatic carbocycles. The Balaban J connectivity index is 1.47. The largest absolute Gasteiger partial charge is 0.573 e. The summed E-state index contributed by atoms with van der Waals surface area (Å²) in [6, 6.07) is 20.5. The van der Waals surface area contributed by atoms with E-state index in [0.717, 1.165) is 23.3 Å². The molecule has 0 aliphatic carbocycles. The van der Waals surface area contributed by atoms with Crippen molar-refractivity contribution in [3.63, 3.8) is 0 Å². The minimum Gasteiger partial charge on any atom is -0.406 e. The molecule has 0 saturated heterocycles. The highest BCUT2D eigenvalue weighted by Gasteiger charge is 2.33. The number of carbonyl (C=O) groups excluding carboxylic acids is 1. The molecule has 1 aliphatic rings. The summed E-state index contributed by atoms with van der Waals surface area (Å²) in [5.74, 6) is -2.75. The van der Waals surface area contributed by atoms with Gasteiger partial charge in [-0.25, -0.2) is 9.37 Å². The van der Waals surface area contributed by atoms with E-state index in [0.29, 0.717) is 11.6 Å². The number of nitrogens with zero attached hydrogens (tertiary/aromatic N) is 3. The van der Waals surface area contributed by atoms with Gasteiger partial charge < -0.3 is 15.4 Å². The van der Waals surface area contributed by atoms with Crippen molar-refractivity contribution in [2.75, 3.05) is 12.3 Å². The second kappa shape index (κ2) is 10.2. The third-order valence-corrected chi connectivity index (χ3v) is 6.47. The van der Waals surface area contributed by atoms with Crippen molar-refractivity contribution in [3.05, 3.63) is 123 Å². The number of amides is 1. The summed E-state index contributed by atoms with van der Waals surface area (Å²) in [6.45, 7) is -0.0374. The second-order valence-corrected chi connectivity index (χ2v) is 8.96. The zero-order valence-corrected chi connectivity index (χ0v) is 20.4. The van der Waals surface area contributed by atoms with Crippen LogP contribution in [0, 0.1) is 5.82 Å². The Hall–Kier alpha value is -4.67. The van der Waals surface area contributed by atoms with Gasteiger partial charge in [-0.2, -0.15) is 0 Å². The van der Waals surface area contributed by atoms with Gasteiger partial charge in [0.25, 0.3) is 11.5 Å². The van der Waals surface area contributed by atoms with Crippen LogP contribution in [0.4, 0.5) is 23.5 Å². The molecule has 0 saturated carbocycles. The zero-order chi connectivity index (χ0) is 27.7. The fourth-order valence-corrected chi connectivity index (χ4v) is 4.74. The summed E-state index contributed by atoms with van der Waals surface area (Å²) < 4.78 is 57.0. The molecule has 4 aromatic rings. The lowest BCUT2D eigenvalue weighted by Gasteiger charge is -2.30. The molecule has 1 aliphatic heterocycles. The minimum absolute atomic E-state index is 0.0504. The molecular weight excluding hydrogens is 516 g/mol. The van der Waals surface area contributed by atoms with E-state index in [9.17, 15) is 27.2 Å². The molecule has 0 fully saturated rings. The maximum Gasteiger partial charge on any atom is 0.573 e. The van der Waals surface area contributed by atoms with Crippen LogP contribution >= 0.6 is 0 Å². The van der Waals surface area contributed by atoms with Gasteiger partial charge >= 0.3 is 6.36 Å². The number of anilines is 1.